The van der Waals surface area contributed by atoms with Gasteiger partial charge in [0.25, 0.3) is 0 Å². The Morgan fingerprint density at radius 3 is 2.13 bits per heavy atom. The monoisotopic (exact) mass is 328 g/mol. The SMILES string of the molecule is C=CC(C)(CCC=C(C)C)OC(=O)CC(O)(CC(=O)O)C(=O)O. The first-order chi connectivity index (χ1) is 10.4. The van der Waals surface area contributed by atoms with Crippen molar-refractivity contribution in [2.75, 3.05) is 0 Å². The molecule has 0 fully saturated rings. The fourth-order valence-corrected chi connectivity index (χ4v) is 1.84. The number of ether oxygens (including phenoxy) is 1. The molecule has 0 aromatic carbocycles. The summed E-state index contributed by atoms with van der Waals surface area (Å²) in [7, 11) is 0. The third kappa shape index (κ3) is 7.60. The van der Waals surface area contributed by atoms with Gasteiger partial charge in [-0.15, -0.1) is 0 Å². The Morgan fingerprint density at radius 2 is 1.74 bits per heavy atom. The molecule has 130 valence electrons. The second-order valence-corrected chi connectivity index (χ2v) is 5.90. The average Bonchev–Trinajstić information content (AvgIpc) is 2.36. The molecule has 2 unspecified atom stereocenters. The van der Waals surface area contributed by atoms with Gasteiger partial charge in [0.2, 0.25) is 0 Å². The summed E-state index contributed by atoms with van der Waals surface area (Å²) in [4.78, 5) is 33.6. The van der Waals surface area contributed by atoms with E-state index in [2.05, 4.69) is 6.58 Å². The van der Waals surface area contributed by atoms with E-state index >= 15 is 0 Å². The van der Waals surface area contributed by atoms with Crippen molar-refractivity contribution in [3.05, 3.63) is 24.3 Å². The van der Waals surface area contributed by atoms with Crippen LogP contribution in [0.15, 0.2) is 24.3 Å². The van der Waals surface area contributed by atoms with Crippen molar-refractivity contribution in [2.45, 2.75) is 57.7 Å². The molecule has 0 aliphatic rings. The molecule has 0 rings (SSSR count). The number of aliphatic carboxylic acids is 2. The number of rotatable bonds is 10. The van der Waals surface area contributed by atoms with Crippen LogP contribution < -0.4 is 0 Å². The smallest absolute Gasteiger partial charge is 0.336 e. The summed E-state index contributed by atoms with van der Waals surface area (Å²) < 4.78 is 5.19. The van der Waals surface area contributed by atoms with Gasteiger partial charge in [-0.3, -0.25) is 9.59 Å². The van der Waals surface area contributed by atoms with Crippen LogP contribution >= 0.6 is 0 Å². The van der Waals surface area contributed by atoms with Crippen molar-refractivity contribution in [3.8, 4) is 0 Å². The van der Waals surface area contributed by atoms with Crippen LogP contribution in [-0.4, -0.2) is 44.4 Å². The number of aliphatic hydroxyl groups is 1. The second kappa shape index (κ2) is 8.47. The van der Waals surface area contributed by atoms with E-state index in [0.29, 0.717) is 12.8 Å². The highest BCUT2D eigenvalue weighted by atomic mass is 16.6. The highest BCUT2D eigenvalue weighted by molar-refractivity contribution is 5.88. The molecule has 0 aromatic rings. The molecule has 0 bridgehead atoms. The van der Waals surface area contributed by atoms with Gasteiger partial charge in [-0.1, -0.05) is 18.2 Å². The van der Waals surface area contributed by atoms with Gasteiger partial charge in [0.15, 0.2) is 5.60 Å². The van der Waals surface area contributed by atoms with E-state index in [1.807, 2.05) is 19.9 Å². The zero-order chi connectivity index (χ0) is 18.3. The Hall–Kier alpha value is -2.15. The lowest BCUT2D eigenvalue weighted by Crippen LogP contribution is -2.44. The third-order valence-corrected chi connectivity index (χ3v) is 3.25. The van der Waals surface area contributed by atoms with Crippen LogP contribution in [0, 0.1) is 0 Å². The number of carboxylic acids is 2. The van der Waals surface area contributed by atoms with Crippen LogP contribution in [0.5, 0.6) is 0 Å². The summed E-state index contributed by atoms with van der Waals surface area (Å²) >= 11 is 0. The fraction of sp³-hybridized carbons (Fsp3) is 0.562. The van der Waals surface area contributed by atoms with Crippen molar-refractivity contribution in [1.29, 1.82) is 0 Å². The molecule has 0 saturated heterocycles. The molecule has 0 spiro atoms. The van der Waals surface area contributed by atoms with Gasteiger partial charge in [0.05, 0.1) is 12.8 Å². The number of carbonyl (C=O) groups excluding carboxylic acids is 1. The molecule has 0 aliphatic heterocycles. The maximum atomic E-state index is 11.9. The number of esters is 1. The number of hydrogen-bond acceptors (Lipinski definition) is 5. The minimum atomic E-state index is -2.70. The Labute approximate surface area is 135 Å². The van der Waals surface area contributed by atoms with Crippen molar-refractivity contribution >= 4 is 17.9 Å². The minimum absolute atomic E-state index is 0.428. The maximum absolute atomic E-state index is 11.9. The molecule has 0 heterocycles. The summed E-state index contributed by atoms with van der Waals surface area (Å²) in [6.45, 7) is 9.05. The second-order valence-electron chi connectivity index (χ2n) is 5.90. The largest absolute Gasteiger partial charge is 0.481 e. The molecule has 0 radical (unpaired) electrons. The summed E-state index contributed by atoms with van der Waals surface area (Å²) in [5, 5.41) is 27.4. The molecule has 0 saturated carbocycles. The lowest BCUT2D eigenvalue weighted by atomic mass is 9.95. The summed E-state index contributed by atoms with van der Waals surface area (Å²) in [5.74, 6) is -4.32. The fourth-order valence-electron chi connectivity index (χ4n) is 1.84. The van der Waals surface area contributed by atoms with E-state index in [1.165, 1.54) is 6.08 Å². The molecule has 23 heavy (non-hydrogen) atoms. The van der Waals surface area contributed by atoms with Gasteiger partial charge in [-0.05, 0) is 39.7 Å². The molecule has 0 aromatic heterocycles. The van der Waals surface area contributed by atoms with Crippen molar-refractivity contribution in [2.24, 2.45) is 0 Å². The van der Waals surface area contributed by atoms with E-state index in [1.54, 1.807) is 6.92 Å². The first kappa shape index (κ1) is 20.9. The van der Waals surface area contributed by atoms with Crippen LogP contribution in [0.3, 0.4) is 0 Å². The molecule has 7 heteroatoms. The van der Waals surface area contributed by atoms with Gasteiger partial charge in [0.1, 0.15) is 5.60 Å². The molecule has 2 atom stereocenters. The van der Waals surface area contributed by atoms with E-state index in [0.717, 1.165) is 5.57 Å². The van der Waals surface area contributed by atoms with Crippen LogP contribution in [0.1, 0.15) is 46.5 Å². The molecule has 0 amide bonds. The summed E-state index contributed by atoms with van der Waals surface area (Å²) in [6.07, 6.45) is 2.36. The molecular formula is C16H24O7. The average molecular weight is 328 g/mol. The lowest BCUT2D eigenvalue weighted by molar-refractivity contribution is -0.175. The third-order valence-electron chi connectivity index (χ3n) is 3.25. The Balaban J connectivity index is 4.93. The van der Waals surface area contributed by atoms with Crippen molar-refractivity contribution < 1.29 is 34.4 Å². The van der Waals surface area contributed by atoms with Crippen LogP contribution in [0.4, 0.5) is 0 Å². The lowest BCUT2D eigenvalue weighted by Gasteiger charge is -2.28. The maximum Gasteiger partial charge on any atom is 0.336 e. The molecule has 7 nitrogen and oxygen atoms in total. The Kier molecular flexibility index (Phi) is 7.68. The van der Waals surface area contributed by atoms with Gasteiger partial charge in [0, 0.05) is 0 Å². The van der Waals surface area contributed by atoms with Gasteiger partial charge < -0.3 is 20.1 Å². The standard InChI is InChI=1S/C16H24O7/c1-5-15(4,8-6-7-11(2)3)23-13(19)10-16(22,14(20)21)9-12(17)18/h5,7,22H,1,6,8-10H2,2-4H3,(H,17,18)(H,20,21). The molecule has 3 N–H and O–H groups in total. The molecule has 0 aliphatic carbocycles. The highest BCUT2D eigenvalue weighted by Gasteiger charge is 2.42. The number of carbonyl (C=O) groups is 3. The van der Waals surface area contributed by atoms with Crippen LogP contribution in [0.25, 0.3) is 0 Å². The number of carboxylic acid groups (broad SMARTS) is 2. The van der Waals surface area contributed by atoms with Gasteiger partial charge in [-0.25, -0.2) is 4.79 Å². The zero-order valence-corrected chi connectivity index (χ0v) is 13.7. The van der Waals surface area contributed by atoms with E-state index in [4.69, 9.17) is 14.9 Å². The quantitative estimate of drug-likeness (QED) is 0.413. The summed E-state index contributed by atoms with van der Waals surface area (Å²) in [5.41, 5.74) is -2.64. The molecular weight excluding hydrogens is 304 g/mol. The summed E-state index contributed by atoms with van der Waals surface area (Å²) in [6, 6.07) is 0. The first-order valence-electron chi connectivity index (χ1n) is 7.10. The van der Waals surface area contributed by atoms with Gasteiger partial charge >= 0.3 is 17.9 Å². The minimum Gasteiger partial charge on any atom is -0.481 e. The Morgan fingerprint density at radius 1 is 1.17 bits per heavy atom. The highest BCUT2D eigenvalue weighted by Crippen LogP contribution is 2.24. The van der Waals surface area contributed by atoms with E-state index in [-0.39, 0.29) is 0 Å². The van der Waals surface area contributed by atoms with Gasteiger partial charge in [-0.2, -0.15) is 0 Å². The normalized spacial score (nSPS) is 15.7. The van der Waals surface area contributed by atoms with Crippen LogP contribution in [-0.2, 0) is 19.1 Å². The van der Waals surface area contributed by atoms with Crippen LogP contribution in [0.2, 0.25) is 0 Å². The van der Waals surface area contributed by atoms with E-state index < -0.39 is 42.0 Å². The predicted octanol–water partition coefficient (Wildman–Crippen LogP) is 1.90. The topological polar surface area (TPSA) is 121 Å². The predicted molar refractivity (Wildman–Crippen MR) is 82.8 cm³/mol. The number of allylic oxidation sites excluding steroid dienone is 2. The number of hydrogen-bond donors (Lipinski definition) is 3. The van der Waals surface area contributed by atoms with Crippen molar-refractivity contribution in [3.63, 3.8) is 0 Å². The Bertz CT molecular complexity index is 505. The zero-order valence-electron chi connectivity index (χ0n) is 13.7. The first-order valence-corrected chi connectivity index (χ1v) is 7.10. The van der Waals surface area contributed by atoms with Crippen molar-refractivity contribution in [1.82, 2.24) is 0 Å². The van der Waals surface area contributed by atoms with E-state index in [9.17, 15) is 19.5 Å².